The smallest absolute Gasteiger partial charge is 0.277 e. The molecule has 1 amide bonds. The van der Waals surface area contributed by atoms with Gasteiger partial charge in [-0.1, -0.05) is 6.07 Å². The maximum Gasteiger partial charge on any atom is 0.277 e. The van der Waals surface area contributed by atoms with Gasteiger partial charge in [-0.3, -0.25) is 15.1 Å². The lowest BCUT2D eigenvalue weighted by Gasteiger charge is -2.03. The van der Waals surface area contributed by atoms with E-state index in [1.807, 2.05) is 0 Å². The number of nitrogens with zero attached hydrogens (tertiary/aromatic N) is 3. The quantitative estimate of drug-likeness (QED) is 0.720. The Morgan fingerprint density at radius 2 is 1.88 bits per heavy atom. The number of aryl methyl sites for hydroxylation is 1. The highest BCUT2D eigenvalue weighted by Crippen LogP contribution is 2.24. The SMILES string of the molecule is Cc1cnc(C(=O)Nc2ncc(Cc3ccc(F)c(F)c3F)s2)cn1. The Balaban J connectivity index is 1.71. The van der Waals surface area contributed by atoms with E-state index in [4.69, 9.17) is 0 Å². The minimum absolute atomic E-state index is 0.00447. The van der Waals surface area contributed by atoms with Crippen LogP contribution in [0.1, 0.15) is 26.6 Å². The second-order valence-electron chi connectivity index (χ2n) is 5.14. The monoisotopic (exact) mass is 364 g/mol. The minimum Gasteiger partial charge on any atom is -0.296 e. The number of hydrogen-bond donors (Lipinski definition) is 1. The molecule has 3 rings (SSSR count). The van der Waals surface area contributed by atoms with Crippen LogP contribution in [-0.2, 0) is 6.42 Å². The van der Waals surface area contributed by atoms with Crippen molar-refractivity contribution in [3.05, 3.63) is 70.0 Å². The number of halogens is 3. The molecule has 25 heavy (non-hydrogen) atoms. The molecule has 128 valence electrons. The number of thiazole rings is 1. The third-order valence-electron chi connectivity index (χ3n) is 3.27. The number of benzene rings is 1. The van der Waals surface area contributed by atoms with Gasteiger partial charge in [0.15, 0.2) is 22.6 Å². The Labute approximate surface area is 144 Å². The molecule has 0 aliphatic heterocycles. The summed E-state index contributed by atoms with van der Waals surface area (Å²) in [5, 5.41) is 2.84. The lowest BCUT2D eigenvalue weighted by Crippen LogP contribution is -2.13. The van der Waals surface area contributed by atoms with E-state index in [2.05, 4.69) is 20.3 Å². The van der Waals surface area contributed by atoms with Gasteiger partial charge in [0.05, 0.1) is 11.9 Å². The van der Waals surface area contributed by atoms with Crippen molar-refractivity contribution >= 4 is 22.4 Å². The average molecular weight is 364 g/mol. The van der Waals surface area contributed by atoms with E-state index in [0.717, 1.165) is 17.4 Å². The van der Waals surface area contributed by atoms with Crippen molar-refractivity contribution in [3.63, 3.8) is 0 Å². The summed E-state index contributed by atoms with van der Waals surface area (Å²) in [6, 6.07) is 2.04. The lowest BCUT2D eigenvalue weighted by molar-refractivity contribution is 0.102. The molecule has 0 atom stereocenters. The maximum absolute atomic E-state index is 13.7. The van der Waals surface area contributed by atoms with Gasteiger partial charge in [-0.2, -0.15) is 0 Å². The summed E-state index contributed by atoms with van der Waals surface area (Å²) < 4.78 is 39.9. The largest absolute Gasteiger partial charge is 0.296 e. The van der Waals surface area contributed by atoms with Crippen LogP contribution in [0.15, 0.2) is 30.7 Å². The number of carbonyl (C=O) groups is 1. The first-order valence-electron chi connectivity index (χ1n) is 7.11. The van der Waals surface area contributed by atoms with Gasteiger partial charge in [-0.15, -0.1) is 11.3 Å². The van der Waals surface area contributed by atoms with Crippen molar-refractivity contribution in [2.75, 3.05) is 5.32 Å². The second-order valence-corrected chi connectivity index (χ2v) is 6.26. The third-order valence-corrected chi connectivity index (χ3v) is 4.18. The van der Waals surface area contributed by atoms with Crippen LogP contribution < -0.4 is 5.32 Å². The molecule has 2 heterocycles. The molecule has 0 bridgehead atoms. The molecule has 0 saturated carbocycles. The fourth-order valence-electron chi connectivity index (χ4n) is 2.01. The first-order valence-corrected chi connectivity index (χ1v) is 7.93. The average Bonchev–Trinajstić information content (AvgIpc) is 3.03. The predicted molar refractivity (Wildman–Crippen MR) is 86.0 cm³/mol. The van der Waals surface area contributed by atoms with Crippen LogP contribution in [0.2, 0.25) is 0 Å². The summed E-state index contributed by atoms with van der Waals surface area (Å²) in [6.45, 7) is 1.75. The number of rotatable bonds is 4. The molecule has 0 aliphatic rings. The van der Waals surface area contributed by atoms with Crippen LogP contribution in [0.5, 0.6) is 0 Å². The van der Waals surface area contributed by atoms with Crippen molar-refractivity contribution < 1.29 is 18.0 Å². The Morgan fingerprint density at radius 1 is 1.08 bits per heavy atom. The number of carbonyl (C=O) groups excluding carboxylic acids is 1. The van der Waals surface area contributed by atoms with Crippen LogP contribution in [0.4, 0.5) is 18.3 Å². The molecule has 2 aromatic heterocycles. The molecule has 1 aromatic carbocycles. The van der Waals surface area contributed by atoms with Crippen LogP contribution in [0.25, 0.3) is 0 Å². The van der Waals surface area contributed by atoms with Crippen molar-refractivity contribution in [1.82, 2.24) is 15.0 Å². The summed E-state index contributed by atoms with van der Waals surface area (Å²) in [4.78, 5) is 24.6. The molecule has 0 spiro atoms. The van der Waals surface area contributed by atoms with Gasteiger partial charge in [-0.25, -0.2) is 23.1 Å². The van der Waals surface area contributed by atoms with Crippen LogP contribution in [0.3, 0.4) is 0 Å². The maximum atomic E-state index is 13.7. The first-order chi connectivity index (χ1) is 11.9. The predicted octanol–water partition coefficient (Wildman–Crippen LogP) is 3.50. The number of nitrogens with one attached hydrogen (secondary N) is 1. The fraction of sp³-hybridized carbons (Fsp3) is 0.125. The van der Waals surface area contributed by atoms with Gasteiger partial charge in [0.2, 0.25) is 0 Å². The van der Waals surface area contributed by atoms with E-state index in [9.17, 15) is 18.0 Å². The van der Waals surface area contributed by atoms with Gasteiger partial charge in [0.25, 0.3) is 5.91 Å². The topological polar surface area (TPSA) is 67.8 Å². The van der Waals surface area contributed by atoms with E-state index in [0.29, 0.717) is 10.6 Å². The van der Waals surface area contributed by atoms with Gasteiger partial charge in [0.1, 0.15) is 5.69 Å². The molecule has 9 heteroatoms. The third kappa shape index (κ3) is 3.82. The molecular weight excluding hydrogens is 353 g/mol. The zero-order valence-electron chi connectivity index (χ0n) is 12.9. The van der Waals surface area contributed by atoms with E-state index < -0.39 is 23.4 Å². The zero-order chi connectivity index (χ0) is 18.0. The number of anilines is 1. The van der Waals surface area contributed by atoms with E-state index in [1.165, 1.54) is 24.7 Å². The van der Waals surface area contributed by atoms with Gasteiger partial charge < -0.3 is 0 Å². The fourth-order valence-corrected chi connectivity index (χ4v) is 2.84. The van der Waals surface area contributed by atoms with Crippen molar-refractivity contribution in [1.29, 1.82) is 0 Å². The summed E-state index contributed by atoms with van der Waals surface area (Å²) in [6.07, 6.45) is 4.27. The number of hydrogen-bond acceptors (Lipinski definition) is 5. The highest BCUT2D eigenvalue weighted by Gasteiger charge is 2.15. The Morgan fingerprint density at radius 3 is 2.60 bits per heavy atom. The summed E-state index contributed by atoms with van der Waals surface area (Å²) in [7, 11) is 0. The van der Waals surface area contributed by atoms with Crippen molar-refractivity contribution in [2.24, 2.45) is 0 Å². The van der Waals surface area contributed by atoms with Crippen molar-refractivity contribution in [2.45, 2.75) is 13.3 Å². The molecular formula is C16H11F3N4OS. The molecule has 3 aromatic rings. The van der Waals surface area contributed by atoms with E-state index in [1.54, 1.807) is 6.92 Å². The highest BCUT2D eigenvalue weighted by atomic mass is 32.1. The minimum atomic E-state index is -1.51. The second kappa shape index (κ2) is 6.98. The Hall–Kier alpha value is -2.81. The molecule has 0 fully saturated rings. The van der Waals surface area contributed by atoms with Gasteiger partial charge in [-0.05, 0) is 18.6 Å². The standard InChI is InChI=1S/C16H11F3N4OS/c1-8-5-21-12(7-20-8)15(24)23-16-22-6-10(25-16)4-9-2-3-11(17)14(19)13(9)18/h2-3,5-7H,4H2,1H3,(H,22,23,24). The zero-order valence-corrected chi connectivity index (χ0v) is 13.7. The van der Waals surface area contributed by atoms with E-state index >= 15 is 0 Å². The Bertz CT molecular complexity index is 928. The van der Waals surface area contributed by atoms with E-state index in [-0.39, 0.29) is 22.8 Å². The molecule has 0 unspecified atom stereocenters. The normalized spacial score (nSPS) is 10.7. The van der Waals surface area contributed by atoms with Crippen molar-refractivity contribution in [3.8, 4) is 0 Å². The van der Waals surface area contributed by atoms with Crippen LogP contribution >= 0.6 is 11.3 Å². The van der Waals surface area contributed by atoms with Gasteiger partial charge in [0, 0.05) is 23.7 Å². The first kappa shape index (κ1) is 17.0. The number of aromatic nitrogens is 3. The van der Waals surface area contributed by atoms with Crippen LogP contribution in [0, 0.1) is 24.4 Å². The molecule has 0 saturated heterocycles. The molecule has 0 aliphatic carbocycles. The summed E-state index contributed by atoms with van der Waals surface area (Å²) >= 11 is 1.10. The molecule has 0 radical (unpaired) electrons. The summed E-state index contributed by atoms with van der Waals surface area (Å²) in [5.41, 5.74) is 0.820. The lowest BCUT2D eigenvalue weighted by atomic mass is 10.1. The summed E-state index contributed by atoms with van der Waals surface area (Å²) in [5.74, 6) is -4.45. The molecule has 5 nitrogen and oxygen atoms in total. The highest BCUT2D eigenvalue weighted by molar-refractivity contribution is 7.15. The Kier molecular flexibility index (Phi) is 4.75. The van der Waals surface area contributed by atoms with Crippen LogP contribution in [-0.4, -0.2) is 20.9 Å². The number of amides is 1. The van der Waals surface area contributed by atoms with Gasteiger partial charge >= 0.3 is 0 Å². The molecule has 1 N–H and O–H groups in total.